The maximum Gasteiger partial charge on any atom is 0.141 e. The molecule has 0 aliphatic carbocycles. The Morgan fingerprint density at radius 1 is 1.40 bits per heavy atom. The van der Waals surface area contributed by atoms with Crippen LogP contribution < -0.4 is 10.5 Å². The van der Waals surface area contributed by atoms with Gasteiger partial charge in [-0.05, 0) is 12.0 Å². The first-order valence-corrected chi connectivity index (χ1v) is 6.72. The lowest BCUT2D eigenvalue weighted by Gasteiger charge is -2.15. The number of aromatic nitrogens is 4. The monoisotopic (exact) mass is 275 g/mol. The van der Waals surface area contributed by atoms with Crippen molar-refractivity contribution in [3.05, 3.63) is 36.2 Å². The fourth-order valence-electron chi connectivity index (χ4n) is 2.12. The summed E-state index contributed by atoms with van der Waals surface area (Å²) in [5.41, 5.74) is 7.21. The van der Waals surface area contributed by atoms with E-state index in [9.17, 15) is 0 Å². The molecule has 0 saturated heterocycles. The van der Waals surface area contributed by atoms with Crippen LogP contribution in [0.25, 0.3) is 0 Å². The molecule has 0 bridgehead atoms. The van der Waals surface area contributed by atoms with Crippen molar-refractivity contribution < 1.29 is 4.74 Å². The van der Waals surface area contributed by atoms with Crippen LogP contribution in [-0.4, -0.2) is 26.9 Å². The highest BCUT2D eigenvalue weighted by Crippen LogP contribution is 2.24. The van der Waals surface area contributed by atoms with Crippen LogP contribution in [0.1, 0.15) is 31.3 Å². The van der Waals surface area contributed by atoms with E-state index in [1.54, 1.807) is 25.8 Å². The van der Waals surface area contributed by atoms with Crippen molar-refractivity contribution in [1.29, 1.82) is 0 Å². The Morgan fingerprint density at radius 2 is 2.20 bits per heavy atom. The third kappa shape index (κ3) is 3.33. The molecule has 2 heterocycles. The van der Waals surface area contributed by atoms with Gasteiger partial charge in [0.1, 0.15) is 17.9 Å². The van der Waals surface area contributed by atoms with Crippen LogP contribution in [0, 0.1) is 5.92 Å². The zero-order valence-electron chi connectivity index (χ0n) is 12.2. The predicted octanol–water partition coefficient (Wildman–Crippen LogP) is 1.58. The standard InChI is InChI=1S/C14H21N5O/c1-10(2)8-19-14(17-9-18-19)6-12(15)11-4-5-16-7-13(11)20-3/h4-5,7,9-10,12H,6,8,15H2,1-3H3. The van der Waals surface area contributed by atoms with E-state index in [1.165, 1.54) is 0 Å². The summed E-state index contributed by atoms with van der Waals surface area (Å²) in [5, 5.41) is 4.25. The maximum atomic E-state index is 6.27. The number of nitrogens with two attached hydrogens (primary N) is 1. The summed E-state index contributed by atoms with van der Waals surface area (Å²) in [4.78, 5) is 8.34. The van der Waals surface area contributed by atoms with Gasteiger partial charge in [0.25, 0.3) is 0 Å². The van der Waals surface area contributed by atoms with Crippen molar-refractivity contribution in [2.45, 2.75) is 32.9 Å². The molecular formula is C14H21N5O. The van der Waals surface area contributed by atoms with Crippen LogP contribution in [0.5, 0.6) is 5.75 Å². The van der Waals surface area contributed by atoms with Crippen molar-refractivity contribution in [3.8, 4) is 5.75 Å². The second kappa shape index (κ2) is 6.47. The van der Waals surface area contributed by atoms with Crippen LogP contribution in [0.4, 0.5) is 0 Å². The van der Waals surface area contributed by atoms with Gasteiger partial charge in [-0.15, -0.1) is 0 Å². The quantitative estimate of drug-likeness (QED) is 0.866. The Hall–Kier alpha value is -1.95. The second-order valence-corrected chi connectivity index (χ2v) is 5.18. The molecule has 2 aromatic heterocycles. The minimum absolute atomic E-state index is 0.192. The molecule has 1 unspecified atom stereocenters. The Kier molecular flexibility index (Phi) is 4.68. The molecule has 0 aliphatic heterocycles. The Labute approximate surface area is 119 Å². The Balaban J connectivity index is 2.15. The van der Waals surface area contributed by atoms with Gasteiger partial charge in [-0.2, -0.15) is 5.10 Å². The molecule has 0 aromatic carbocycles. The highest BCUT2D eigenvalue weighted by molar-refractivity contribution is 5.33. The fraction of sp³-hybridized carbons (Fsp3) is 0.500. The normalized spacial score (nSPS) is 12.7. The topological polar surface area (TPSA) is 78.8 Å². The van der Waals surface area contributed by atoms with Gasteiger partial charge in [-0.25, -0.2) is 9.67 Å². The summed E-state index contributed by atoms with van der Waals surface area (Å²) in [7, 11) is 1.62. The Bertz CT molecular complexity index is 552. The van der Waals surface area contributed by atoms with Crippen molar-refractivity contribution >= 4 is 0 Å². The molecule has 0 spiro atoms. The molecule has 108 valence electrons. The summed E-state index contributed by atoms with van der Waals surface area (Å²) in [6.07, 6.45) is 5.59. The van der Waals surface area contributed by atoms with E-state index in [1.807, 2.05) is 10.7 Å². The average Bonchev–Trinajstić information content (AvgIpc) is 2.85. The minimum Gasteiger partial charge on any atom is -0.495 e. The number of nitrogens with zero attached hydrogens (tertiary/aromatic N) is 4. The third-order valence-electron chi connectivity index (χ3n) is 3.07. The molecule has 6 heteroatoms. The van der Waals surface area contributed by atoms with E-state index in [0.29, 0.717) is 18.1 Å². The molecule has 0 radical (unpaired) electrons. The summed E-state index contributed by atoms with van der Waals surface area (Å²) in [6, 6.07) is 1.69. The van der Waals surface area contributed by atoms with E-state index in [-0.39, 0.29) is 6.04 Å². The van der Waals surface area contributed by atoms with Gasteiger partial charge < -0.3 is 10.5 Å². The molecule has 0 fully saturated rings. The average molecular weight is 275 g/mol. The predicted molar refractivity (Wildman–Crippen MR) is 76.3 cm³/mol. The van der Waals surface area contributed by atoms with Gasteiger partial charge in [0.2, 0.25) is 0 Å². The van der Waals surface area contributed by atoms with Crippen LogP contribution in [0.2, 0.25) is 0 Å². The number of hydrogen-bond acceptors (Lipinski definition) is 5. The second-order valence-electron chi connectivity index (χ2n) is 5.18. The van der Waals surface area contributed by atoms with Crippen molar-refractivity contribution in [1.82, 2.24) is 19.7 Å². The van der Waals surface area contributed by atoms with E-state index in [4.69, 9.17) is 10.5 Å². The lowest BCUT2D eigenvalue weighted by molar-refractivity contribution is 0.401. The first kappa shape index (κ1) is 14.5. The number of rotatable bonds is 6. The Morgan fingerprint density at radius 3 is 2.90 bits per heavy atom. The van der Waals surface area contributed by atoms with Gasteiger partial charge in [-0.3, -0.25) is 4.98 Å². The highest BCUT2D eigenvalue weighted by Gasteiger charge is 2.16. The lowest BCUT2D eigenvalue weighted by atomic mass is 10.0. The number of methoxy groups -OCH3 is 1. The maximum absolute atomic E-state index is 6.27. The molecule has 2 rings (SSSR count). The molecule has 0 aliphatic rings. The van der Waals surface area contributed by atoms with Crippen molar-refractivity contribution in [2.75, 3.05) is 7.11 Å². The minimum atomic E-state index is -0.192. The SMILES string of the molecule is COc1cnccc1C(N)Cc1ncnn1CC(C)C. The van der Waals surface area contributed by atoms with Crippen molar-refractivity contribution in [3.63, 3.8) is 0 Å². The fourth-order valence-corrected chi connectivity index (χ4v) is 2.12. The van der Waals surface area contributed by atoms with Crippen LogP contribution in [0.15, 0.2) is 24.8 Å². The molecule has 6 nitrogen and oxygen atoms in total. The summed E-state index contributed by atoms with van der Waals surface area (Å²) < 4.78 is 7.21. The molecule has 2 N–H and O–H groups in total. The van der Waals surface area contributed by atoms with Gasteiger partial charge in [-0.1, -0.05) is 13.8 Å². The first-order valence-electron chi connectivity index (χ1n) is 6.72. The van der Waals surface area contributed by atoms with Crippen LogP contribution >= 0.6 is 0 Å². The van der Waals surface area contributed by atoms with E-state index < -0.39 is 0 Å². The van der Waals surface area contributed by atoms with E-state index >= 15 is 0 Å². The first-order chi connectivity index (χ1) is 9.61. The van der Waals surface area contributed by atoms with Crippen LogP contribution in [-0.2, 0) is 13.0 Å². The summed E-state index contributed by atoms with van der Waals surface area (Å²) in [5.74, 6) is 2.11. The van der Waals surface area contributed by atoms with Crippen molar-refractivity contribution in [2.24, 2.45) is 11.7 Å². The van der Waals surface area contributed by atoms with E-state index in [0.717, 1.165) is 17.9 Å². The number of hydrogen-bond donors (Lipinski definition) is 1. The smallest absolute Gasteiger partial charge is 0.141 e. The highest BCUT2D eigenvalue weighted by atomic mass is 16.5. The molecule has 2 aromatic rings. The zero-order valence-corrected chi connectivity index (χ0v) is 12.2. The molecule has 20 heavy (non-hydrogen) atoms. The van der Waals surface area contributed by atoms with Crippen LogP contribution in [0.3, 0.4) is 0 Å². The van der Waals surface area contributed by atoms with E-state index in [2.05, 4.69) is 28.9 Å². The zero-order chi connectivity index (χ0) is 14.5. The van der Waals surface area contributed by atoms with Gasteiger partial charge in [0.15, 0.2) is 0 Å². The molecule has 0 saturated carbocycles. The molecular weight excluding hydrogens is 254 g/mol. The summed E-state index contributed by atoms with van der Waals surface area (Å²) in [6.45, 7) is 5.14. The lowest BCUT2D eigenvalue weighted by Crippen LogP contribution is -2.19. The molecule has 0 amide bonds. The molecule has 1 atom stereocenters. The summed E-state index contributed by atoms with van der Waals surface area (Å²) >= 11 is 0. The van der Waals surface area contributed by atoms with Gasteiger partial charge in [0.05, 0.1) is 13.3 Å². The number of pyridine rings is 1. The third-order valence-corrected chi connectivity index (χ3v) is 3.07. The number of ether oxygens (including phenoxy) is 1. The van der Waals surface area contributed by atoms with Gasteiger partial charge in [0, 0.05) is 30.8 Å². The van der Waals surface area contributed by atoms with Gasteiger partial charge >= 0.3 is 0 Å². The largest absolute Gasteiger partial charge is 0.495 e.